The summed E-state index contributed by atoms with van der Waals surface area (Å²) in [7, 11) is 0. The lowest BCUT2D eigenvalue weighted by Gasteiger charge is -2.32. The summed E-state index contributed by atoms with van der Waals surface area (Å²) in [6, 6.07) is 0. The first-order chi connectivity index (χ1) is 8.75. The highest BCUT2D eigenvalue weighted by Gasteiger charge is 2.40. The molecule has 0 spiro atoms. The van der Waals surface area contributed by atoms with Crippen molar-refractivity contribution in [2.24, 2.45) is 0 Å². The molecule has 4 aliphatic rings. The van der Waals surface area contributed by atoms with E-state index >= 15 is 0 Å². The van der Waals surface area contributed by atoms with E-state index in [2.05, 4.69) is 12.5 Å². The van der Waals surface area contributed by atoms with Gasteiger partial charge >= 0.3 is 0 Å². The van der Waals surface area contributed by atoms with Crippen molar-refractivity contribution in [3.05, 3.63) is 0 Å². The maximum atomic E-state index is 10.6. The number of carbonyl (C=O) groups excluding carboxylic acids is 2. The molecule has 5 nitrogen and oxygen atoms in total. The van der Waals surface area contributed by atoms with Crippen molar-refractivity contribution in [3.8, 4) is 0 Å². The maximum absolute atomic E-state index is 10.6. The fourth-order valence-electron chi connectivity index (χ4n) is 2.26. The SMILES string of the molecule is O=C1CC2SCCN12.O=C1CC2SCCN12.O=S. The molecule has 4 fully saturated rings. The van der Waals surface area contributed by atoms with Gasteiger partial charge in [0.15, 0.2) is 12.5 Å². The van der Waals surface area contributed by atoms with Crippen LogP contribution >= 0.6 is 23.5 Å². The Morgan fingerprint density at radius 3 is 1.50 bits per heavy atom. The molecule has 4 aliphatic heterocycles. The maximum Gasteiger partial charge on any atom is 0.226 e. The van der Waals surface area contributed by atoms with Gasteiger partial charge in [0.1, 0.15) is 0 Å². The molecule has 0 aromatic heterocycles. The summed E-state index contributed by atoms with van der Waals surface area (Å²) < 4.78 is 7.83. The number of carbonyl (C=O) groups is 2. The third kappa shape index (κ3) is 2.65. The van der Waals surface area contributed by atoms with E-state index in [1.165, 1.54) is 0 Å². The summed E-state index contributed by atoms with van der Waals surface area (Å²) in [5.74, 6) is 2.99. The van der Waals surface area contributed by atoms with E-state index in [1.54, 1.807) is 0 Å². The fourth-order valence-corrected chi connectivity index (χ4v) is 4.73. The van der Waals surface area contributed by atoms with E-state index in [1.807, 2.05) is 33.3 Å². The Hall–Kier alpha value is -0.340. The largest absolute Gasteiger partial charge is 0.329 e. The zero-order valence-corrected chi connectivity index (χ0v) is 12.2. The topological polar surface area (TPSA) is 57.7 Å². The van der Waals surface area contributed by atoms with E-state index in [-0.39, 0.29) is 0 Å². The molecule has 2 atom stereocenters. The van der Waals surface area contributed by atoms with Crippen LogP contribution in [0.3, 0.4) is 0 Å². The molecule has 2 amide bonds. The number of hydrogen-bond donors (Lipinski definition) is 0. The van der Waals surface area contributed by atoms with Gasteiger partial charge in [0, 0.05) is 24.6 Å². The Balaban J connectivity index is 0.000000118. The van der Waals surface area contributed by atoms with Crippen LogP contribution in [0.1, 0.15) is 12.8 Å². The summed E-state index contributed by atoms with van der Waals surface area (Å²) in [5, 5.41) is 1.14. The molecular formula is C10H14N2O3S3. The van der Waals surface area contributed by atoms with Crippen LogP contribution in [0.2, 0.25) is 0 Å². The van der Waals surface area contributed by atoms with Crippen LogP contribution < -0.4 is 0 Å². The highest BCUT2D eigenvalue weighted by molar-refractivity contribution is 8.00. The number of rotatable bonds is 0. The highest BCUT2D eigenvalue weighted by Crippen LogP contribution is 2.35. The minimum atomic E-state index is 0.347. The lowest BCUT2D eigenvalue weighted by molar-refractivity contribution is -0.141. The Bertz CT molecular complexity index is 323. The van der Waals surface area contributed by atoms with Crippen molar-refractivity contribution in [1.82, 2.24) is 9.80 Å². The molecular weight excluding hydrogens is 292 g/mol. The fraction of sp³-hybridized carbons (Fsp3) is 0.800. The van der Waals surface area contributed by atoms with Crippen molar-refractivity contribution >= 4 is 47.9 Å². The Morgan fingerprint density at radius 2 is 1.28 bits per heavy atom. The Labute approximate surface area is 120 Å². The first kappa shape index (κ1) is 14.1. The number of nitrogens with zero attached hydrogens (tertiary/aromatic N) is 2. The van der Waals surface area contributed by atoms with Crippen molar-refractivity contribution in [2.75, 3.05) is 24.6 Å². The molecule has 0 saturated carbocycles. The lowest BCUT2D eigenvalue weighted by Crippen LogP contribution is -2.46. The quantitative estimate of drug-likeness (QED) is 0.598. The van der Waals surface area contributed by atoms with Gasteiger partial charge in [0.05, 0.1) is 23.6 Å². The van der Waals surface area contributed by atoms with Crippen molar-refractivity contribution in [3.63, 3.8) is 0 Å². The van der Waals surface area contributed by atoms with Crippen LogP contribution in [0.15, 0.2) is 0 Å². The summed E-state index contributed by atoms with van der Waals surface area (Å²) in [6.45, 7) is 1.99. The van der Waals surface area contributed by atoms with Crippen molar-refractivity contribution in [2.45, 2.75) is 23.6 Å². The second kappa shape index (κ2) is 6.21. The molecule has 2 unspecified atom stereocenters. The molecule has 0 aromatic rings. The molecule has 100 valence electrons. The second-order valence-electron chi connectivity index (χ2n) is 4.23. The van der Waals surface area contributed by atoms with Crippen LogP contribution in [0.25, 0.3) is 0 Å². The number of amides is 2. The Morgan fingerprint density at radius 1 is 0.889 bits per heavy atom. The smallest absolute Gasteiger partial charge is 0.226 e. The first-order valence-electron chi connectivity index (χ1n) is 5.74. The van der Waals surface area contributed by atoms with E-state index in [0.717, 1.165) is 37.4 Å². The van der Waals surface area contributed by atoms with Gasteiger partial charge in [-0.15, -0.1) is 23.5 Å². The number of fused-ring (bicyclic) bond motifs is 2. The molecule has 0 aliphatic carbocycles. The normalized spacial score (nSPS) is 31.1. The zero-order chi connectivity index (χ0) is 13.1. The number of hydrogen-bond acceptors (Lipinski definition) is 6. The van der Waals surface area contributed by atoms with Crippen LogP contribution in [0, 0.1) is 0 Å². The van der Waals surface area contributed by atoms with E-state index < -0.39 is 0 Å². The minimum absolute atomic E-state index is 0.347. The second-order valence-corrected chi connectivity index (χ2v) is 6.80. The molecule has 8 heteroatoms. The van der Waals surface area contributed by atoms with Gasteiger partial charge in [-0.3, -0.25) is 9.59 Å². The first-order valence-corrected chi connectivity index (χ1v) is 8.17. The third-order valence-electron chi connectivity index (χ3n) is 3.32. The predicted octanol–water partition coefficient (Wildman–Crippen LogP) is 0.247. The average Bonchev–Trinajstić information content (AvgIpc) is 2.94. The molecule has 4 rings (SSSR count). The van der Waals surface area contributed by atoms with Gasteiger partial charge < -0.3 is 9.80 Å². The summed E-state index contributed by atoms with van der Waals surface area (Å²) in [6.07, 6.45) is 1.59. The minimum Gasteiger partial charge on any atom is -0.329 e. The molecule has 0 bridgehead atoms. The average molecular weight is 306 g/mol. The van der Waals surface area contributed by atoms with Crippen molar-refractivity contribution < 1.29 is 13.8 Å². The standard InChI is InChI=1S/2C5H7NOS.OS/c2*7-4-3-5-6(4)1-2-8-5;1-2/h2*5H,1-3H2;. The summed E-state index contributed by atoms with van der Waals surface area (Å²) in [4.78, 5) is 25.1. The van der Waals surface area contributed by atoms with E-state index in [4.69, 9.17) is 4.21 Å². The van der Waals surface area contributed by atoms with Crippen LogP contribution in [-0.2, 0) is 22.1 Å². The number of β-lactam (4-membered cyclic amide) rings is 2. The zero-order valence-electron chi connectivity index (χ0n) is 9.74. The van der Waals surface area contributed by atoms with Gasteiger partial charge in [0.2, 0.25) is 11.8 Å². The van der Waals surface area contributed by atoms with Gasteiger partial charge in [-0.25, -0.2) is 0 Å². The van der Waals surface area contributed by atoms with Crippen LogP contribution in [0.5, 0.6) is 0 Å². The molecule has 0 aromatic carbocycles. The molecule has 0 radical (unpaired) electrons. The van der Waals surface area contributed by atoms with Gasteiger partial charge in [-0.2, -0.15) is 4.21 Å². The Kier molecular flexibility index (Phi) is 4.85. The predicted molar refractivity (Wildman–Crippen MR) is 73.3 cm³/mol. The summed E-state index contributed by atoms with van der Waals surface area (Å²) >= 11 is 6.64. The van der Waals surface area contributed by atoms with Crippen LogP contribution in [0.4, 0.5) is 0 Å². The van der Waals surface area contributed by atoms with Gasteiger partial charge in [-0.05, 0) is 0 Å². The molecule has 0 N–H and O–H groups in total. The van der Waals surface area contributed by atoms with E-state index in [0.29, 0.717) is 22.6 Å². The van der Waals surface area contributed by atoms with Crippen molar-refractivity contribution in [1.29, 1.82) is 0 Å². The van der Waals surface area contributed by atoms with E-state index in [9.17, 15) is 9.59 Å². The molecule has 18 heavy (non-hydrogen) atoms. The molecule has 4 heterocycles. The number of thioether (sulfide) groups is 2. The van der Waals surface area contributed by atoms with Gasteiger partial charge in [0.25, 0.3) is 0 Å². The lowest BCUT2D eigenvalue weighted by atomic mass is 10.2. The molecule has 4 saturated heterocycles. The van der Waals surface area contributed by atoms with Crippen LogP contribution in [-0.4, -0.2) is 61.2 Å². The summed E-state index contributed by atoms with van der Waals surface area (Å²) in [5.41, 5.74) is 0. The highest BCUT2D eigenvalue weighted by atomic mass is 32.2. The third-order valence-corrected chi connectivity index (χ3v) is 5.77. The monoisotopic (exact) mass is 306 g/mol. The van der Waals surface area contributed by atoms with Gasteiger partial charge in [-0.1, -0.05) is 0 Å².